The first-order valence-electron chi connectivity index (χ1n) is 39.1. The molecule has 0 fully saturated rings. The summed E-state index contributed by atoms with van der Waals surface area (Å²) >= 11 is 0. The molecule has 19 heteroatoms. The van der Waals surface area contributed by atoms with Crippen molar-refractivity contribution in [3.05, 3.63) is 146 Å². The maximum Gasteiger partial charge on any atom is 0.472 e. The van der Waals surface area contributed by atoms with Crippen LogP contribution in [-0.4, -0.2) is 96.7 Å². The third kappa shape index (κ3) is 73.3. The maximum atomic E-state index is 13.1. The number of aliphatic hydroxyl groups excluding tert-OH is 1. The van der Waals surface area contributed by atoms with Gasteiger partial charge in [-0.25, -0.2) is 9.13 Å². The highest BCUT2D eigenvalue weighted by atomic mass is 31.2. The Labute approximate surface area is 617 Å². The summed E-state index contributed by atoms with van der Waals surface area (Å²) in [6.07, 6.45) is 84.0. The number of hydrogen-bond acceptors (Lipinski definition) is 15. The van der Waals surface area contributed by atoms with Gasteiger partial charge in [-0.2, -0.15) is 0 Å². The Morgan fingerprint density at radius 3 is 0.794 bits per heavy atom. The van der Waals surface area contributed by atoms with Crippen molar-refractivity contribution in [2.24, 2.45) is 0 Å². The molecular weight excluding hydrogens is 1330 g/mol. The van der Waals surface area contributed by atoms with Gasteiger partial charge in [-0.05, 0) is 154 Å². The van der Waals surface area contributed by atoms with Crippen molar-refractivity contribution in [2.75, 3.05) is 39.6 Å². The first-order chi connectivity index (χ1) is 49.7. The van der Waals surface area contributed by atoms with Gasteiger partial charge in [0.15, 0.2) is 12.2 Å². The summed E-state index contributed by atoms with van der Waals surface area (Å²) in [5.74, 6) is -2.25. The van der Waals surface area contributed by atoms with Crippen LogP contribution in [0.3, 0.4) is 0 Å². The molecule has 0 radical (unpaired) electrons. The second kappa shape index (κ2) is 74.2. The van der Waals surface area contributed by atoms with E-state index < -0.39 is 97.5 Å². The summed E-state index contributed by atoms with van der Waals surface area (Å²) in [7, 11) is -9.98. The van der Waals surface area contributed by atoms with Crippen molar-refractivity contribution < 1.29 is 80.2 Å². The van der Waals surface area contributed by atoms with Crippen LogP contribution in [0, 0.1) is 0 Å². The van der Waals surface area contributed by atoms with Gasteiger partial charge in [0.1, 0.15) is 19.3 Å². The standard InChI is InChI=1S/C83H138O17P2/c1-5-9-13-17-21-25-29-32-35-37-38-40-42-45-49-52-56-60-64-68-81(86)94-74-79(100-83(88)70-66-62-58-54-50-46-43-39-36-33-30-26-22-18-14-10-6-2)76-98-102(91,92)96-72-77(84)71-95-101(89,90)97-75-78(99-82(87)69-65-61-57-53-47-28-24-20-16-12-8-4)73-93-80(85)67-63-59-55-51-48-44-41-34-31-27-23-19-15-11-7-3/h9-11,13-15,20-27,32-36,38,40-41,43,46,77-79,84H,5-8,12,16-19,28-31,37,39,42,44-45,47-76H2,1-4H3,(H,89,90)(H,91,92)/b13-9-,14-10-,15-11-,24-20-,25-21-,26-22-,27-23-,35-32-,36-33-,40-38-,41-34-,46-43-. The highest BCUT2D eigenvalue weighted by Gasteiger charge is 2.30. The number of aliphatic hydroxyl groups is 1. The molecule has 0 rings (SSSR count). The summed E-state index contributed by atoms with van der Waals surface area (Å²) in [5.41, 5.74) is 0. The number of allylic oxidation sites excluding steroid dienone is 24. The van der Waals surface area contributed by atoms with E-state index in [-0.39, 0.29) is 25.7 Å². The number of carbonyl (C=O) groups is 4. The number of ether oxygens (including phenoxy) is 4. The lowest BCUT2D eigenvalue weighted by Gasteiger charge is -2.21. The Balaban J connectivity index is 5.39. The minimum absolute atomic E-state index is 0.0589. The van der Waals surface area contributed by atoms with E-state index in [1.165, 1.54) is 12.8 Å². The highest BCUT2D eigenvalue weighted by molar-refractivity contribution is 7.47. The molecule has 3 N–H and O–H groups in total. The Morgan fingerprint density at radius 1 is 0.284 bits per heavy atom. The zero-order valence-corrected chi connectivity index (χ0v) is 65.3. The number of esters is 4. The summed E-state index contributed by atoms with van der Waals surface area (Å²) in [6, 6.07) is 0. The molecule has 0 aliphatic carbocycles. The second-order valence-electron chi connectivity index (χ2n) is 25.5. The first kappa shape index (κ1) is 96.9. The molecule has 0 aliphatic rings. The van der Waals surface area contributed by atoms with E-state index in [0.29, 0.717) is 25.7 Å². The molecule has 0 aliphatic heterocycles. The van der Waals surface area contributed by atoms with Crippen molar-refractivity contribution >= 4 is 39.5 Å². The van der Waals surface area contributed by atoms with Crippen LogP contribution in [0.2, 0.25) is 0 Å². The summed E-state index contributed by atoms with van der Waals surface area (Å²) in [5, 5.41) is 10.6. The van der Waals surface area contributed by atoms with Crippen LogP contribution < -0.4 is 0 Å². The van der Waals surface area contributed by atoms with E-state index in [4.69, 9.17) is 37.0 Å². The van der Waals surface area contributed by atoms with E-state index >= 15 is 0 Å². The molecule has 5 unspecified atom stereocenters. The number of phosphoric ester groups is 2. The van der Waals surface area contributed by atoms with Gasteiger partial charge in [-0.15, -0.1) is 0 Å². The first-order valence-corrected chi connectivity index (χ1v) is 42.1. The average molecular weight is 1470 g/mol. The van der Waals surface area contributed by atoms with Crippen LogP contribution in [0.25, 0.3) is 0 Å². The number of hydrogen-bond donors (Lipinski definition) is 3. The van der Waals surface area contributed by atoms with Gasteiger partial charge in [0.05, 0.1) is 26.4 Å². The molecule has 0 aromatic heterocycles. The zero-order chi connectivity index (χ0) is 74.6. The number of unbranched alkanes of at least 4 members (excludes halogenated alkanes) is 22. The zero-order valence-electron chi connectivity index (χ0n) is 63.5. The monoisotopic (exact) mass is 1470 g/mol. The molecule has 102 heavy (non-hydrogen) atoms. The molecule has 0 spiro atoms. The molecular formula is C83H138O17P2. The Bertz CT molecular complexity index is 2510. The maximum absolute atomic E-state index is 13.1. The lowest BCUT2D eigenvalue weighted by Crippen LogP contribution is -2.30. The smallest absolute Gasteiger partial charge is 0.462 e. The lowest BCUT2D eigenvalue weighted by atomic mass is 10.1. The minimum Gasteiger partial charge on any atom is -0.462 e. The van der Waals surface area contributed by atoms with Crippen LogP contribution in [0.1, 0.15) is 297 Å². The Morgan fingerprint density at radius 2 is 0.510 bits per heavy atom. The summed E-state index contributed by atoms with van der Waals surface area (Å²) < 4.78 is 68.5. The van der Waals surface area contributed by atoms with Crippen molar-refractivity contribution in [1.82, 2.24) is 0 Å². The predicted molar refractivity (Wildman–Crippen MR) is 417 cm³/mol. The van der Waals surface area contributed by atoms with Gasteiger partial charge >= 0.3 is 39.5 Å². The van der Waals surface area contributed by atoms with Crippen molar-refractivity contribution in [2.45, 2.75) is 316 Å². The Hall–Kier alpha value is -5.06. The molecule has 0 aromatic carbocycles. The van der Waals surface area contributed by atoms with E-state index in [0.717, 1.165) is 205 Å². The van der Waals surface area contributed by atoms with Crippen LogP contribution in [0.4, 0.5) is 0 Å². The van der Waals surface area contributed by atoms with E-state index in [1.54, 1.807) is 0 Å². The van der Waals surface area contributed by atoms with E-state index in [2.05, 4.69) is 174 Å². The third-order valence-electron chi connectivity index (χ3n) is 15.8. The molecule has 0 saturated heterocycles. The van der Waals surface area contributed by atoms with Crippen molar-refractivity contribution in [1.29, 1.82) is 0 Å². The second-order valence-corrected chi connectivity index (χ2v) is 28.4. The van der Waals surface area contributed by atoms with E-state index in [1.807, 2.05) is 0 Å². The summed E-state index contributed by atoms with van der Waals surface area (Å²) in [4.78, 5) is 72.9. The quantitative estimate of drug-likeness (QED) is 0.0169. The van der Waals surface area contributed by atoms with Gasteiger partial charge < -0.3 is 33.8 Å². The van der Waals surface area contributed by atoms with Gasteiger partial charge in [-0.1, -0.05) is 263 Å². The molecule has 5 atom stereocenters. The van der Waals surface area contributed by atoms with Crippen LogP contribution in [0.15, 0.2) is 146 Å². The van der Waals surface area contributed by atoms with Crippen molar-refractivity contribution in [3.63, 3.8) is 0 Å². The topological polar surface area (TPSA) is 237 Å². The molecule has 17 nitrogen and oxygen atoms in total. The summed E-state index contributed by atoms with van der Waals surface area (Å²) in [6.45, 7) is 4.42. The SMILES string of the molecule is CC/C=C\C/C=C\C/C=C\C/C=C\CCCCCCCCC(=O)OCC(COP(=O)(O)OCC(O)COP(=O)(O)OCC(COC(=O)CCCCCCC/C=C\C/C=C\C/C=C\CC)OC(=O)CCCCCCC/C=C\CCCC)OC(=O)CCCCCC/C=C\C/C=C\C/C=C\C/C=C\CC. The number of carbonyl (C=O) groups excluding carboxylic acids is 4. The minimum atomic E-state index is -4.99. The molecule has 0 heterocycles. The Kier molecular flexibility index (Phi) is 70.5. The fourth-order valence-corrected chi connectivity index (χ4v) is 11.5. The lowest BCUT2D eigenvalue weighted by molar-refractivity contribution is -0.161. The molecule has 0 bridgehead atoms. The van der Waals surface area contributed by atoms with Gasteiger partial charge in [0.25, 0.3) is 0 Å². The molecule has 0 amide bonds. The fraction of sp³-hybridized carbons (Fsp3) is 0.663. The van der Waals surface area contributed by atoms with Crippen LogP contribution in [-0.2, 0) is 65.4 Å². The molecule has 582 valence electrons. The number of rotatable bonds is 72. The third-order valence-corrected chi connectivity index (χ3v) is 17.7. The van der Waals surface area contributed by atoms with Gasteiger partial charge in [0.2, 0.25) is 0 Å². The normalized spacial score (nSPS) is 14.7. The highest BCUT2D eigenvalue weighted by Crippen LogP contribution is 2.45. The average Bonchev–Trinajstić information content (AvgIpc) is 0.921. The fourth-order valence-electron chi connectivity index (χ4n) is 9.90. The van der Waals surface area contributed by atoms with Gasteiger partial charge in [-0.3, -0.25) is 37.3 Å². The van der Waals surface area contributed by atoms with Gasteiger partial charge in [0, 0.05) is 25.7 Å². The van der Waals surface area contributed by atoms with Crippen molar-refractivity contribution in [3.8, 4) is 0 Å². The molecule has 0 saturated carbocycles. The molecule has 0 aromatic rings. The van der Waals surface area contributed by atoms with Crippen LogP contribution in [0.5, 0.6) is 0 Å². The predicted octanol–water partition coefficient (Wildman–Crippen LogP) is 22.7. The van der Waals surface area contributed by atoms with Crippen LogP contribution >= 0.6 is 15.6 Å². The largest absolute Gasteiger partial charge is 0.472 e. The number of phosphoric acid groups is 2. The van der Waals surface area contributed by atoms with E-state index in [9.17, 15) is 43.2 Å².